The van der Waals surface area contributed by atoms with Crippen LogP contribution in [-0.4, -0.2) is 22.6 Å². The number of fused-ring (bicyclic) bond motifs is 1. The van der Waals surface area contributed by atoms with Crippen LogP contribution < -0.4 is 5.73 Å². The molecule has 1 saturated carbocycles. The summed E-state index contributed by atoms with van der Waals surface area (Å²) in [5.41, 5.74) is 8.98. The lowest BCUT2D eigenvalue weighted by atomic mass is 9.89. The third kappa shape index (κ3) is 1.84. The third-order valence-electron chi connectivity index (χ3n) is 3.98. The van der Waals surface area contributed by atoms with Gasteiger partial charge in [0.1, 0.15) is 0 Å². The maximum atomic E-state index is 12.4. The highest BCUT2D eigenvalue weighted by atomic mass is 16.2. The van der Waals surface area contributed by atoms with Gasteiger partial charge in [-0.2, -0.15) is 0 Å². The molecule has 2 aliphatic rings. The fourth-order valence-corrected chi connectivity index (χ4v) is 2.91. The minimum atomic E-state index is -0.315. The Kier molecular flexibility index (Phi) is 2.66. The SMILES string of the molecule is C=C1CCC(N2Cc3c(N)cccc3C2=O)C(=O)C1. The number of carbonyl (C=O) groups is 2. The Bertz CT molecular complexity index is 592. The van der Waals surface area contributed by atoms with Crippen LogP contribution in [0.4, 0.5) is 5.69 Å². The van der Waals surface area contributed by atoms with E-state index in [2.05, 4.69) is 6.58 Å². The van der Waals surface area contributed by atoms with Gasteiger partial charge in [0.2, 0.25) is 0 Å². The number of nitrogen functional groups attached to an aromatic ring is 1. The number of hydrogen-bond acceptors (Lipinski definition) is 3. The number of hydrogen-bond donors (Lipinski definition) is 1. The Morgan fingerprint density at radius 1 is 1.32 bits per heavy atom. The quantitative estimate of drug-likeness (QED) is 0.616. The van der Waals surface area contributed by atoms with E-state index in [4.69, 9.17) is 5.73 Å². The highest BCUT2D eigenvalue weighted by molar-refractivity contribution is 6.03. The Hall–Kier alpha value is -2.10. The molecule has 1 amide bonds. The van der Waals surface area contributed by atoms with Gasteiger partial charge in [-0.25, -0.2) is 0 Å². The predicted molar refractivity (Wildman–Crippen MR) is 72.5 cm³/mol. The number of carbonyl (C=O) groups excluding carboxylic acids is 2. The summed E-state index contributed by atoms with van der Waals surface area (Å²) in [6, 6.07) is 5.03. The van der Waals surface area contributed by atoms with Crippen molar-refractivity contribution in [3.8, 4) is 0 Å². The maximum Gasteiger partial charge on any atom is 0.255 e. The molecule has 1 aliphatic carbocycles. The number of nitrogens with two attached hydrogens (primary N) is 1. The second kappa shape index (κ2) is 4.23. The Morgan fingerprint density at radius 3 is 2.79 bits per heavy atom. The van der Waals surface area contributed by atoms with E-state index < -0.39 is 0 Å². The highest BCUT2D eigenvalue weighted by Crippen LogP contribution is 2.32. The lowest BCUT2D eigenvalue weighted by Gasteiger charge is -2.30. The smallest absolute Gasteiger partial charge is 0.255 e. The summed E-state index contributed by atoms with van der Waals surface area (Å²) in [4.78, 5) is 26.1. The molecule has 1 heterocycles. The van der Waals surface area contributed by atoms with Gasteiger partial charge in [0.15, 0.2) is 5.78 Å². The van der Waals surface area contributed by atoms with Crippen molar-refractivity contribution in [2.24, 2.45) is 0 Å². The predicted octanol–water partition coefficient (Wildman–Crippen LogP) is 1.90. The first-order valence-corrected chi connectivity index (χ1v) is 6.45. The molecule has 0 aromatic heterocycles. The van der Waals surface area contributed by atoms with Crippen molar-refractivity contribution in [2.75, 3.05) is 5.73 Å². The average Bonchev–Trinajstić information content (AvgIpc) is 2.69. The van der Waals surface area contributed by atoms with Crippen LogP contribution in [0.1, 0.15) is 35.2 Å². The summed E-state index contributed by atoms with van der Waals surface area (Å²) in [6.45, 7) is 4.30. The molecule has 4 nitrogen and oxygen atoms in total. The topological polar surface area (TPSA) is 63.4 Å². The Morgan fingerprint density at radius 2 is 2.11 bits per heavy atom. The van der Waals surface area contributed by atoms with E-state index >= 15 is 0 Å². The fraction of sp³-hybridized carbons (Fsp3) is 0.333. The molecule has 0 radical (unpaired) electrons. The van der Waals surface area contributed by atoms with Gasteiger partial charge in [0, 0.05) is 29.8 Å². The van der Waals surface area contributed by atoms with Gasteiger partial charge >= 0.3 is 0 Å². The number of anilines is 1. The van der Waals surface area contributed by atoms with E-state index in [1.807, 2.05) is 0 Å². The average molecular weight is 256 g/mol. The molecule has 0 saturated heterocycles. The van der Waals surface area contributed by atoms with E-state index in [1.54, 1.807) is 23.1 Å². The van der Waals surface area contributed by atoms with Crippen LogP contribution in [0.5, 0.6) is 0 Å². The van der Waals surface area contributed by atoms with E-state index in [9.17, 15) is 9.59 Å². The lowest BCUT2D eigenvalue weighted by Crippen LogP contribution is -2.43. The first-order valence-electron chi connectivity index (χ1n) is 6.45. The minimum Gasteiger partial charge on any atom is -0.398 e. The molecule has 19 heavy (non-hydrogen) atoms. The van der Waals surface area contributed by atoms with Gasteiger partial charge in [0.05, 0.1) is 6.04 Å². The molecule has 4 heteroatoms. The number of amides is 1. The Labute approximate surface area is 111 Å². The van der Waals surface area contributed by atoms with Gasteiger partial charge in [-0.15, -0.1) is 0 Å². The van der Waals surface area contributed by atoms with Crippen LogP contribution in [0.3, 0.4) is 0 Å². The molecule has 1 aliphatic heterocycles. The van der Waals surface area contributed by atoms with Crippen LogP contribution >= 0.6 is 0 Å². The van der Waals surface area contributed by atoms with Gasteiger partial charge in [-0.05, 0) is 25.0 Å². The van der Waals surface area contributed by atoms with Crippen LogP contribution in [0.25, 0.3) is 0 Å². The zero-order valence-corrected chi connectivity index (χ0v) is 10.7. The van der Waals surface area contributed by atoms with Gasteiger partial charge < -0.3 is 10.6 Å². The molecule has 0 bridgehead atoms. The molecule has 1 aromatic carbocycles. The van der Waals surface area contributed by atoms with E-state index in [-0.39, 0.29) is 17.7 Å². The Balaban J connectivity index is 1.90. The number of allylic oxidation sites excluding steroid dienone is 1. The van der Waals surface area contributed by atoms with Crippen molar-refractivity contribution in [1.29, 1.82) is 0 Å². The highest BCUT2D eigenvalue weighted by Gasteiger charge is 2.38. The number of ketones is 1. The van der Waals surface area contributed by atoms with E-state index in [0.717, 1.165) is 17.6 Å². The van der Waals surface area contributed by atoms with Crippen LogP contribution in [0.15, 0.2) is 30.4 Å². The van der Waals surface area contributed by atoms with Crippen LogP contribution in [0.2, 0.25) is 0 Å². The number of benzene rings is 1. The fourth-order valence-electron chi connectivity index (χ4n) is 2.91. The zero-order chi connectivity index (χ0) is 13.6. The van der Waals surface area contributed by atoms with Gasteiger partial charge in [-0.3, -0.25) is 9.59 Å². The number of Topliss-reactive ketones (excluding diaryl/α,β-unsaturated/α-hetero) is 1. The molecule has 1 aromatic rings. The number of rotatable bonds is 1. The summed E-state index contributed by atoms with van der Waals surface area (Å²) in [5.74, 6) is 0.0177. The lowest BCUT2D eigenvalue weighted by molar-refractivity contribution is -0.124. The maximum absolute atomic E-state index is 12.4. The minimum absolute atomic E-state index is 0.0758. The summed E-state index contributed by atoms with van der Waals surface area (Å²) in [6.07, 6.45) is 1.88. The van der Waals surface area contributed by atoms with E-state index in [0.29, 0.717) is 30.6 Å². The van der Waals surface area contributed by atoms with Crippen molar-refractivity contribution >= 4 is 17.4 Å². The molecule has 1 atom stereocenters. The molecule has 98 valence electrons. The summed E-state index contributed by atoms with van der Waals surface area (Å²) in [5, 5.41) is 0. The molecular formula is C15H16N2O2. The summed E-state index contributed by atoms with van der Waals surface area (Å²) < 4.78 is 0. The van der Waals surface area contributed by atoms with Crippen molar-refractivity contribution in [1.82, 2.24) is 4.90 Å². The number of nitrogens with zero attached hydrogens (tertiary/aromatic N) is 1. The van der Waals surface area contributed by atoms with Crippen LogP contribution in [-0.2, 0) is 11.3 Å². The zero-order valence-electron chi connectivity index (χ0n) is 10.7. The van der Waals surface area contributed by atoms with Crippen LogP contribution in [0, 0.1) is 0 Å². The summed E-state index contributed by atoms with van der Waals surface area (Å²) in [7, 11) is 0. The van der Waals surface area contributed by atoms with Gasteiger partial charge in [0.25, 0.3) is 5.91 Å². The molecule has 1 unspecified atom stereocenters. The monoisotopic (exact) mass is 256 g/mol. The van der Waals surface area contributed by atoms with Crippen molar-refractivity contribution < 1.29 is 9.59 Å². The van der Waals surface area contributed by atoms with Crippen molar-refractivity contribution in [3.05, 3.63) is 41.5 Å². The molecule has 3 rings (SSSR count). The molecular weight excluding hydrogens is 240 g/mol. The van der Waals surface area contributed by atoms with Crippen molar-refractivity contribution in [3.63, 3.8) is 0 Å². The van der Waals surface area contributed by atoms with Gasteiger partial charge in [-0.1, -0.05) is 18.2 Å². The normalized spacial score (nSPS) is 22.8. The molecule has 1 fully saturated rings. The largest absolute Gasteiger partial charge is 0.398 e. The van der Waals surface area contributed by atoms with Crippen molar-refractivity contribution in [2.45, 2.75) is 31.8 Å². The summed E-state index contributed by atoms with van der Waals surface area (Å²) >= 11 is 0. The molecule has 2 N–H and O–H groups in total. The first kappa shape index (κ1) is 12.0. The molecule has 0 spiro atoms. The van der Waals surface area contributed by atoms with E-state index in [1.165, 1.54) is 0 Å². The second-order valence-electron chi connectivity index (χ2n) is 5.25. The standard InChI is InChI=1S/C15H16N2O2/c1-9-5-6-13(14(18)7-9)17-8-11-10(15(17)19)3-2-4-12(11)16/h2-4,13H,1,5-8,16H2. The second-order valence-corrected chi connectivity index (χ2v) is 5.25. The third-order valence-corrected chi connectivity index (χ3v) is 3.98. The first-order chi connectivity index (χ1) is 9.08.